The summed E-state index contributed by atoms with van der Waals surface area (Å²) in [5.41, 5.74) is 2.85. The Balaban J connectivity index is 2.25. The number of nitrogens with one attached hydrogen (secondary N) is 2. The SMILES string of the molecule is CN(C(=O)Nc1nc2ccc(C(C)(C)C)cc2[nH]1)C(C)(C)C. The summed E-state index contributed by atoms with van der Waals surface area (Å²) < 4.78 is 0. The van der Waals surface area contributed by atoms with E-state index in [0.717, 1.165) is 11.0 Å². The molecule has 0 atom stereocenters. The maximum Gasteiger partial charge on any atom is 0.324 e. The first-order chi connectivity index (χ1) is 9.98. The Kier molecular flexibility index (Phi) is 3.94. The van der Waals surface area contributed by atoms with Crippen molar-refractivity contribution in [2.45, 2.75) is 52.5 Å². The number of carbonyl (C=O) groups excluding carboxylic acids is 1. The van der Waals surface area contributed by atoms with Crippen LogP contribution in [0.15, 0.2) is 18.2 Å². The monoisotopic (exact) mass is 302 g/mol. The molecule has 2 amide bonds. The number of hydrogen-bond donors (Lipinski definition) is 2. The predicted octanol–water partition coefficient (Wildman–Crippen LogP) is 4.12. The Bertz CT molecular complexity index is 689. The first kappa shape index (κ1) is 16.3. The number of benzene rings is 1. The molecule has 0 fully saturated rings. The summed E-state index contributed by atoms with van der Waals surface area (Å²) in [6, 6.07) is 5.97. The Morgan fingerprint density at radius 3 is 2.36 bits per heavy atom. The molecular weight excluding hydrogens is 276 g/mol. The average molecular weight is 302 g/mol. The van der Waals surface area contributed by atoms with Gasteiger partial charge in [-0.15, -0.1) is 0 Å². The van der Waals surface area contributed by atoms with Gasteiger partial charge in [0.1, 0.15) is 0 Å². The first-order valence-electron chi connectivity index (χ1n) is 7.53. The second-order valence-electron chi connectivity index (χ2n) is 7.73. The smallest absolute Gasteiger partial charge is 0.324 e. The predicted molar refractivity (Wildman–Crippen MR) is 91.3 cm³/mol. The number of aromatic nitrogens is 2. The van der Waals surface area contributed by atoms with Crippen molar-refractivity contribution in [3.05, 3.63) is 23.8 Å². The quantitative estimate of drug-likeness (QED) is 0.832. The molecule has 2 N–H and O–H groups in total. The largest absolute Gasteiger partial charge is 0.324 e. The van der Waals surface area contributed by atoms with Crippen LogP contribution in [0.1, 0.15) is 47.1 Å². The van der Waals surface area contributed by atoms with Crippen molar-refractivity contribution in [1.82, 2.24) is 14.9 Å². The fourth-order valence-corrected chi connectivity index (χ4v) is 2.03. The molecule has 5 heteroatoms. The van der Waals surface area contributed by atoms with Crippen LogP contribution >= 0.6 is 0 Å². The van der Waals surface area contributed by atoms with Crippen LogP contribution in [0.4, 0.5) is 10.7 Å². The summed E-state index contributed by atoms with van der Waals surface area (Å²) in [5.74, 6) is 0.474. The number of imidazole rings is 1. The van der Waals surface area contributed by atoms with Gasteiger partial charge in [-0.2, -0.15) is 0 Å². The van der Waals surface area contributed by atoms with Crippen molar-refractivity contribution in [3.8, 4) is 0 Å². The third-order valence-electron chi connectivity index (χ3n) is 3.88. The van der Waals surface area contributed by atoms with Crippen LogP contribution < -0.4 is 5.32 Å². The van der Waals surface area contributed by atoms with E-state index >= 15 is 0 Å². The highest BCUT2D eigenvalue weighted by molar-refractivity contribution is 5.90. The van der Waals surface area contributed by atoms with Crippen LogP contribution in [0.25, 0.3) is 11.0 Å². The second kappa shape index (κ2) is 5.30. The van der Waals surface area contributed by atoms with Gasteiger partial charge in [0.15, 0.2) is 0 Å². The highest BCUT2D eigenvalue weighted by Gasteiger charge is 2.23. The highest BCUT2D eigenvalue weighted by atomic mass is 16.2. The lowest BCUT2D eigenvalue weighted by atomic mass is 9.87. The summed E-state index contributed by atoms with van der Waals surface area (Å²) in [5, 5.41) is 2.82. The van der Waals surface area contributed by atoms with Gasteiger partial charge in [0.05, 0.1) is 11.0 Å². The molecule has 1 heterocycles. The minimum absolute atomic E-state index is 0.0785. The van der Waals surface area contributed by atoms with Crippen LogP contribution in [0.3, 0.4) is 0 Å². The summed E-state index contributed by atoms with van der Waals surface area (Å²) in [6.07, 6.45) is 0. The molecule has 0 aliphatic carbocycles. The number of carbonyl (C=O) groups is 1. The van der Waals surface area contributed by atoms with Crippen LogP contribution in [-0.4, -0.2) is 33.5 Å². The van der Waals surface area contributed by atoms with Crippen molar-refractivity contribution in [1.29, 1.82) is 0 Å². The minimum Gasteiger partial charge on any atom is -0.324 e. The standard InChI is InChI=1S/C17H26N4O/c1-16(2,3)11-8-9-12-13(10-11)19-14(18-12)20-15(22)21(7)17(4,5)6/h8-10H,1-7H3,(H2,18,19,20,22). The van der Waals surface area contributed by atoms with E-state index in [4.69, 9.17) is 0 Å². The van der Waals surface area contributed by atoms with Crippen molar-refractivity contribution < 1.29 is 4.79 Å². The van der Waals surface area contributed by atoms with E-state index in [0.29, 0.717) is 5.95 Å². The number of fused-ring (bicyclic) bond motifs is 1. The third kappa shape index (κ3) is 3.40. The molecule has 0 unspecified atom stereocenters. The zero-order valence-corrected chi connectivity index (χ0v) is 14.5. The Hall–Kier alpha value is -2.04. The number of aromatic amines is 1. The second-order valence-corrected chi connectivity index (χ2v) is 7.73. The molecule has 2 rings (SSSR count). The number of rotatable bonds is 1. The van der Waals surface area contributed by atoms with Gasteiger partial charge in [0, 0.05) is 12.6 Å². The minimum atomic E-state index is -0.241. The van der Waals surface area contributed by atoms with E-state index in [-0.39, 0.29) is 17.0 Å². The average Bonchev–Trinajstić information content (AvgIpc) is 2.76. The molecule has 0 radical (unpaired) electrons. The maximum atomic E-state index is 12.2. The van der Waals surface area contributed by atoms with Gasteiger partial charge in [-0.25, -0.2) is 9.78 Å². The molecule has 120 valence electrons. The molecule has 2 aromatic rings. The van der Waals surface area contributed by atoms with Gasteiger partial charge in [-0.3, -0.25) is 5.32 Å². The molecular formula is C17H26N4O. The molecule has 0 bridgehead atoms. The number of H-pyrrole nitrogens is 1. The fourth-order valence-electron chi connectivity index (χ4n) is 2.03. The Labute approximate surface area is 132 Å². The lowest BCUT2D eigenvalue weighted by molar-refractivity contribution is 0.178. The summed E-state index contributed by atoms with van der Waals surface area (Å²) in [4.78, 5) is 21.5. The molecule has 0 saturated heterocycles. The third-order valence-corrected chi connectivity index (χ3v) is 3.88. The zero-order chi connectivity index (χ0) is 16.7. The molecule has 0 saturated carbocycles. The number of urea groups is 1. The lowest BCUT2D eigenvalue weighted by Crippen LogP contribution is -2.44. The van der Waals surface area contributed by atoms with Gasteiger partial charge in [0.25, 0.3) is 0 Å². The Morgan fingerprint density at radius 2 is 1.82 bits per heavy atom. The fraction of sp³-hybridized carbons (Fsp3) is 0.529. The Morgan fingerprint density at radius 1 is 1.18 bits per heavy atom. The van der Waals surface area contributed by atoms with E-state index in [1.807, 2.05) is 26.8 Å². The van der Waals surface area contributed by atoms with Crippen LogP contribution in [-0.2, 0) is 5.41 Å². The van der Waals surface area contributed by atoms with E-state index in [9.17, 15) is 4.79 Å². The number of nitrogens with zero attached hydrogens (tertiary/aromatic N) is 2. The zero-order valence-electron chi connectivity index (χ0n) is 14.5. The van der Waals surface area contributed by atoms with E-state index in [2.05, 4.69) is 48.2 Å². The van der Waals surface area contributed by atoms with Crippen molar-refractivity contribution >= 4 is 23.0 Å². The van der Waals surface area contributed by atoms with Gasteiger partial charge < -0.3 is 9.88 Å². The van der Waals surface area contributed by atoms with Gasteiger partial charge in [-0.1, -0.05) is 26.8 Å². The number of amides is 2. The van der Waals surface area contributed by atoms with Crippen LogP contribution in [0.2, 0.25) is 0 Å². The van der Waals surface area contributed by atoms with Crippen molar-refractivity contribution in [3.63, 3.8) is 0 Å². The van der Waals surface area contributed by atoms with Crippen molar-refractivity contribution in [2.24, 2.45) is 0 Å². The highest BCUT2D eigenvalue weighted by Crippen LogP contribution is 2.26. The summed E-state index contributed by atoms with van der Waals surface area (Å²) in [6.45, 7) is 12.5. The normalized spacial score (nSPS) is 12.5. The van der Waals surface area contributed by atoms with Gasteiger partial charge in [-0.05, 0) is 43.9 Å². The van der Waals surface area contributed by atoms with E-state index < -0.39 is 0 Å². The maximum absolute atomic E-state index is 12.2. The summed E-state index contributed by atoms with van der Waals surface area (Å²) >= 11 is 0. The number of hydrogen-bond acceptors (Lipinski definition) is 2. The van der Waals surface area contributed by atoms with Crippen LogP contribution in [0, 0.1) is 0 Å². The molecule has 0 aliphatic rings. The molecule has 5 nitrogen and oxygen atoms in total. The van der Waals surface area contributed by atoms with E-state index in [1.54, 1.807) is 11.9 Å². The molecule has 0 aliphatic heterocycles. The number of anilines is 1. The topological polar surface area (TPSA) is 61.0 Å². The molecule has 0 spiro atoms. The molecule has 1 aromatic carbocycles. The lowest BCUT2D eigenvalue weighted by Gasteiger charge is -2.31. The van der Waals surface area contributed by atoms with E-state index in [1.165, 1.54) is 5.56 Å². The molecule has 1 aromatic heterocycles. The first-order valence-corrected chi connectivity index (χ1v) is 7.53. The van der Waals surface area contributed by atoms with Gasteiger partial charge >= 0.3 is 6.03 Å². The summed E-state index contributed by atoms with van der Waals surface area (Å²) in [7, 11) is 1.77. The van der Waals surface area contributed by atoms with Crippen molar-refractivity contribution in [2.75, 3.05) is 12.4 Å². The van der Waals surface area contributed by atoms with Gasteiger partial charge in [0.2, 0.25) is 5.95 Å². The molecule has 22 heavy (non-hydrogen) atoms. The van der Waals surface area contributed by atoms with Crippen LogP contribution in [0.5, 0.6) is 0 Å².